The molecule has 1 aromatic rings. The van der Waals surface area contributed by atoms with Gasteiger partial charge in [-0.15, -0.1) is 0 Å². The van der Waals surface area contributed by atoms with Crippen LogP contribution < -0.4 is 10.6 Å². The molecule has 25 heavy (non-hydrogen) atoms. The van der Waals surface area contributed by atoms with Gasteiger partial charge in [0.2, 0.25) is 5.91 Å². The molecule has 135 valence electrons. The minimum atomic E-state index is -3.30. The van der Waals surface area contributed by atoms with E-state index in [1.807, 2.05) is 6.42 Å². The van der Waals surface area contributed by atoms with Gasteiger partial charge >= 0.3 is 6.03 Å². The third-order valence-electron chi connectivity index (χ3n) is 5.25. The van der Waals surface area contributed by atoms with E-state index >= 15 is 0 Å². The molecule has 2 aliphatic heterocycles. The largest absolute Gasteiger partial charge is 0.368 e. The summed E-state index contributed by atoms with van der Waals surface area (Å²) in [5.74, 6) is -0.556. The number of rotatable bonds is 4. The molecule has 2 fully saturated rings. The van der Waals surface area contributed by atoms with Crippen molar-refractivity contribution in [3.8, 4) is 0 Å². The molecule has 3 rings (SSSR count). The number of nitrogens with two attached hydrogens (primary N) is 1. The van der Waals surface area contributed by atoms with Crippen molar-refractivity contribution in [3.63, 3.8) is 0 Å². The van der Waals surface area contributed by atoms with Crippen molar-refractivity contribution in [2.24, 2.45) is 5.73 Å². The lowest BCUT2D eigenvalue weighted by Crippen LogP contribution is -2.46. The Kier molecular flexibility index (Phi) is 4.06. The van der Waals surface area contributed by atoms with Gasteiger partial charge in [0.15, 0.2) is 9.84 Å². The lowest BCUT2D eigenvalue weighted by Gasteiger charge is -2.26. The Hall–Kier alpha value is -2.09. The Bertz CT molecular complexity index is 817. The summed E-state index contributed by atoms with van der Waals surface area (Å²) in [5, 5.41) is 0. The van der Waals surface area contributed by atoms with E-state index in [1.54, 1.807) is 43.0 Å². The van der Waals surface area contributed by atoms with Crippen molar-refractivity contribution in [3.05, 3.63) is 36.2 Å². The number of amides is 3. The van der Waals surface area contributed by atoms with E-state index in [-0.39, 0.29) is 12.1 Å². The Morgan fingerprint density at radius 3 is 2.36 bits per heavy atom. The van der Waals surface area contributed by atoms with Gasteiger partial charge in [0.25, 0.3) is 0 Å². The number of urea groups is 1. The second-order valence-electron chi connectivity index (χ2n) is 7.04. The summed E-state index contributed by atoms with van der Waals surface area (Å²) in [5.41, 5.74) is 6.69. The second kappa shape index (κ2) is 5.72. The number of nitrogens with zero attached hydrogens (tertiary/aromatic N) is 2. The summed E-state index contributed by atoms with van der Waals surface area (Å²) in [4.78, 5) is 27.7. The Labute approximate surface area is 147 Å². The molecule has 1 aromatic carbocycles. The normalized spacial score (nSPS) is 23.9. The summed E-state index contributed by atoms with van der Waals surface area (Å²) in [6, 6.07) is 5.37. The SMILES string of the molecule is CC(C)(c1ccc(N2C(=O)N3CC[CH][C@@H]3C2C(N)=O)cc1)S(C)(=O)=O. The number of primary amides is 1. The highest BCUT2D eigenvalue weighted by Crippen LogP contribution is 2.36. The first-order chi connectivity index (χ1) is 11.6. The number of anilines is 1. The van der Waals surface area contributed by atoms with Crippen molar-refractivity contribution >= 4 is 27.5 Å². The van der Waals surface area contributed by atoms with E-state index in [1.165, 1.54) is 11.2 Å². The first-order valence-corrected chi connectivity index (χ1v) is 9.97. The number of sulfone groups is 1. The van der Waals surface area contributed by atoms with Crippen LogP contribution in [0, 0.1) is 6.42 Å². The number of carbonyl (C=O) groups excluding carboxylic acids is 2. The van der Waals surface area contributed by atoms with Gasteiger partial charge in [-0.1, -0.05) is 12.1 Å². The number of fused-ring (bicyclic) bond motifs is 1. The van der Waals surface area contributed by atoms with Gasteiger partial charge in [0.05, 0.1) is 10.8 Å². The number of hydrogen-bond donors (Lipinski definition) is 1. The van der Waals surface area contributed by atoms with Crippen LogP contribution in [-0.4, -0.2) is 50.1 Å². The van der Waals surface area contributed by atoms with Gasteiger partial charge < -0.3 is 10.6 Å². The third kappa shape index (κ3) is 2.68. The molecular formula is C17H22N3O4S. The third-order valence-corrected chi connectivity index (χ3v) is 7.34. The molecule has 2 N–H and O–H groups in total. The highest BCUT2D eigenvalue weighted by atomic mass is 32.2. The van der Waals surface area contributed by atoms with Crippen LogP contribution in [0.1, 0.15) is 25.8 Å². The molecule has 8 heteroatoms. The molecule has 0 spiro atoms. The summed E-state index contributed by atoms with van der Waals surface area (Å²) < 4.78 is 22.9. The molecule has 2 heterocycles. The van der Waals surface area contributed by atoms with Crippen LogP contribution in [0.15, 0.2) is 24.3 Å². The summed E-state index contributed by atoms with van der Waals surface area (Å²) in [6.45, 7) is 3.84. The van der Waals surface area contributed by atoms with Crippen LogP contribution >= 0.6 is 0 Å². The van der Waals surface area contributed by atoms with Gasteiger partial charge in [-0.05, 0) is 44.4 Å². The topological polar surface area (TPSA) is 101 Å². The number of benzene rings is 1. The molecule has 2 aliphatic rings. The fourth-order valence-corrected chi connectivity index (χ4v) is 3.96. The van der Waals surface area contributed by atoms with Crippen LogP contribution in [0.4, 0.5) is 10.5 Å². The zero-order chi connectivity index (χ0) is 18.6. The van der Waals surface area contributed by atoms with Crippen LogP contribution in [0.3, 0.4) is 0 Å². The molecule has 2 atom stereocenters. The molecule has 0 saturated carbocycles. The van der Waals surface area contributed by atoms with Crippen LogP contribution in [-0.2, 0) is 19.4 Å². The molecule has 0 bridgehead atoms. The van der Waals surface area contributed by atoms with Crippen molar-refractivity contribution in [2.45, 2.75) is 37.1 Å². The highest BCUT2D eigenvalue weighted by Gasteiger charge is 2.51. The van der Waals surface area contributed by atoms with Gasteiger partial charge in [-0.3, -0.25) is 9.69 Å². The zero-order valence-corrected chi connectivity index (χ0v) is 15.3. The van der Waals surface area contributed by atoms with E-state index in [0.29, 0.717) is 17.8 Å². The lowest BCUT2D eigenvalue weighted by molar-refractivity contribution is -0.119. The first-order valence-electron chi connectivity index (χ1n) is 8.08. The molecule has 7 nitrogen and oxygen atoms in total. The smallest absolute Gasteiger partial charge is 0.325 e. The maximum Gasteiger partial charge on any atom is 0.325 e. The minimum Gasteiger partial charge on any atom is -0.368 e. The molecule has 1 radical (unpaired) electrons. The van der Waals surface area contributed by atoms with Crippen LogP contribution in [0.25, 0.3) is 0 Å². The van der Waals surface area contributed by atoms with Crippen molar-refractivity contribution < 1.29 is 18.0 Å². The summed E-state index contributed by atoms with van der Waals surface area (Å²) in [6.07, 6.45) is 3.88. The van der Waals surface area contributed by atoms with Gasteiger partial charge in [-0.2, -0.15) is 0 Å². The molecule has 3 amide bonds. The Morgan fingerprint density at radius 2 is 1.84 bits per heavy atom. The van der Waals surface area contributed by atoms with Crippen LogP contribution in [0.5, 0.6) is 0 Å². The number of carbonyl (C=O) groups is 2. The molecule has 1 unspecified atom stereocenters. The molecular weight excluding hydrogens is 342 g/mol. The Balaban J connectivity index is 1.97. The second-order valence-corrected chi connectivity index (χ2v) is 9.60. The molecule has 0 aliphatic carbocycles. The number of hydrogen-bond acceptors (Lipinski definition) is 4. The maximum absolute atomic E-state index is 12.7. The van der Waals surface area contributed by atoms with E-state index in [0.717, 1.165) is 6.42 Å². The standard InChI is InChI=1S/C17H22N3O4S/c1-17(2,25(3,23)24)11-6-8-12(9-7-11)20-14(15(18)21)13-5-4-10-19(13)16(20)22/h5-9,13-14H,4,10H2,1-3H3,(H2,18,21)/t13-,14?/m1/s1. The van der Waals surface area contributed by atoms with Crippen LogP contribution in [0.2, 0.25) is 0 Å². The average Bonchev–Trinajstić information content (AvgIpc) is 3.08. The summed E-state index contributed by atoms with van der Waals surface area (Å²) >= 11 is 0. The fourth-order valence-electron chi connectivity index (χ4n) is 3.40. The first kappa shape index (κ1) is 17.7. The zero-order valence-electron chi connectivity index (χ0n) is 14.5. The quantitative estimate of drug-likeness (QED) is 0.862. The van der Waals surface area contributed by atoms with Crippen molar-refractivity contribution in [2.75, 3.05) is 17.7 Å². The average molecular weight is 364 g/mol. The van der Waals surface area contributed by atoms with E-state index < -0.39 is 26.5 Å². The Morgan fingerprint density at radius 1 is 1.24 bits per heavy atom. The lowest BCUT2D eigenvalue weighted by atomic mass is 10.0. The van der Waals surface area contributed by atoms with Crippen molar-refractivity contribution in [1.82, 2.24) is 4.90 Å². The van der Waals surface area contributed by atoms with Gasteiger partial charge in [-0.25, -0.2) is 13.2 Å². The highest BCUT2D eigenvalue weighted by molar-refractivity contribution is 7.91. The van der Waals surface area contributed by atoms with E-state index in [2.05, 4.69) is 0 Å². The molecule has 0 aromatic heterocycles. The van der Waals surface area contributed by atoms with Gasteiger partial charge in [0.1, 0.15) is 6.04 Å². The van der Waals surface area contributed by atoms with E-state index in [9.17, 15) is 18.0 Å². The molecule has 2 saturated heterocycles. The monoisotopic (exact) mass is 364 g/mol. The fraction of sp³-hybridized carbons (Fsp3) is 0.471. The summed E-state index contributed by atoms with van der Waals surface area (Å²) in [7, 11) is -3.30. The minimum absolute atomic E-state index is 0.252. The van der Waals surface area contributed by atoms with E-state index in [4.69, 9.17) is 5.73 Å². The van der Waals surface area contributed by atoms with Crippen molar-refractivity contribution in [1.29, 1.82) is 0 Å². The maximum atomic E-state index is 12.7. The van der Waals surface area contributed by atoms with Gasteiger partial charge in [0, 0.05) is 18.5 Å². The predicted molar refractivity (Wildman–Crippen MR) is 94.6 cm³/mol. The predicted octanol–water partition coefficient (Wildman–Crippen LogP) is 1.04.